The highest BCUT2D eigenvalue weighted by Crippen LogP contribution is 2.18. The Balaban J connectivity index is 0.000000461. The van der Waals surface area contributed by atoms with Gasteiger partial charge >= 0.3 is 0 Å². The van der Waals surface area contributed by atoms with Crippen molar-refractivity contribution in [3.63, 3.8) is 0 Å². The molecule has 0 aliphatic carbocycles. The second-order valence-corrected chi connectivity index (χ2v) is 1.99. The molecule has 1 rings (SSSR count). The SMILES string of the molecule is C=C/C=C\C(=C)C1CO1.CC. The lowest BCUT2D eigenvalue weighted by atomic mass is 10.2. The largest absolute Gasteiger partial charge is 0.368 e. The average molecular weight is 152 g/mol. The fourth-order valence-corrected chi connectivity index (χ4v) is 0.561. The molecule has 1 atom stereocenters. The lowest BCUT2D eigenvalue weighted by molar-refractivity contribution is 0.435. The Bertz CT molecular complexity index is 152. The van der Waals surface area contributed by atoms with Crippen molar-refractivity contribution in [2.75, 3.05) is 6.61 Å². The average Bonchev–Trinajstić information content (AvgIpc) is 2.86. The Morgan fingerprint density at radius 3 is 2.45 bits per heavy atom. The van der Waals surface area contributed by atoms with Crippen molar-refractivity contribution in [3.05, 3.63) is 37.0 Å². The van der Waals surface area contributed by atoms with Gasteiger partial charge in [0.15, 0.2) is 0 Å². The van der Waals surface area contributed by atoms with E-state index >= 15 is 0 Å². The minimum absolute atomic E-state index is 0.293. The summed E-state index contributed by atoms with van der Waals surface area (Å²) in [7, 11) is 0. The van der Waals surface area contributed by atoms with Crippen LogP contribution in [0, 0.1) is 0 Å². The molecule has 0 radical (unpaired) electrons. The molecule has 0 saturated carbocycles. The number of hydrogen-bond acceptors (Lipinski definition) is 1. The predicted molar refractivity (Wildman–Crippen MR) is 49.6 cm³/mol. The molecule has 0 N–H and O–H groups in total. The smallest absolute Gasteiger partial charge is 0.105 e. The molecule has 0 amide bonds. The summed E-state index contributed by atoms with van der Waals surface area (Å²) < 4.78 is 4.98. The van der Waals surface area contributed by atoms with Gasteiger partial charge in [-0.25, -0.2) is 0 Å². The maximum Gasteiger partial charge on any atom is 0.105 e. The molecule has 1 heterocycles. The van der Waals surface area contributed by atoms with E-state index in [4.69, 9.17) is 4.74 Å². The van der Waals surface area contributed by atoms with Crippen molar-refractivity contribution in [1.29, 1.82) is 0 Å². The van der Waals surface area contributed by atoms with Crippen LogP contribution in [0.5, 0.6) is 0 Å². The van der Waals surface area contributed by atoms with Crippen LogP contribution in [0.2, 0.25) is 0 Å². The molecule has 62 valence electrons. The summed E-state index contributed by atoms with van der Waals surface area (Å²) in [6.07, 6.45) is 5.81. The first kappa shape index (κ1) is 10.2. The zero-order valence-corrected chi connectivity index (χ0v) is 7.34. The standard InChI is InChI=1S/C8H10O.C2H6/c1-3-4-5-7(2)8-6-9-8;1-2/h3-5,8H,1-2,6H2;1-2H3/b5-4-;. The fraction of sp³-hybridized carbons (Fsp3) is 0.400. The first-order valence-electron chi connectivity index (χ1n) is 3.94. The maximum absolute atomic E-state index is 4.98. The Hall–Kier alpha value is -0.820. The first-order valence-corrected chi connectivity index (χ1v) is 3.94. The Morgan fingerprint density at radius 2 is 2.09 bits per heavy atom. The zero-order valence-electron chi connectivity index (χ0n) is 7.34. The summed E-state index contributed by atoms with van der Waals surface area (Å²) in [5.41, 5.74) is 1.04. The normalized spacial score (nSPS) is 20.4. The van der Waals surface area contributed by atoms with E-state index in [2.05, 4.69) is 13.2 Å². The molecular formula is C10H16O. The molecule has 1 heteroatoms. The minimum Gasteiger partial charge on any atom is -0.368 e. The molecule has 0 aromatic carbocycles. The first-order chi connectivity index (χ1) is 5.34. The van der Waals surface area contributed by atoms with Crippen molar-refractivity contribution in [3.8, 4) is 0 Å². The molecular weight excluding hydrogens is 136 g/mol. The second-order valence-electron chi connectivity index (χ2n) is 1.99. The highest BCUT2D eigenvalue weighted by atomic mass is 16.6. The third-order valence-electron chi connectivity index (χ3n) is 1.19. The van der Waals surface area contributed by atoms with E-state index in [1.807, 2.05) is 26.0 Å². The van der Waals surface area contributed by atoms with Crippen LogP contribution < -0.4 is 0 Å². The lowest BCUT2D eigenvalue weighted by Crippen LogP contribution is -1.83. The Kier molecular flexibility index (Phi) is 5.49. The quantitative estimate of drug-likeness (QED) is 0.447. The van der Waals surface area contributed by atoms with Gasteiger partial charge in [-0.15, -0.1) is 0 Å². The van der Waals surface area contributed by atoms with Gasteiger partial charge in [-0.1, -0.05) is 45.2 Å². The molecule has 1 nitrogen and oxygen atoms in total. The van der Waals surface area contributed by atoms with Crippen molar-refractivity contribution in [2.45, 2.75) is 20.0 Å². The predicted octanol–water partition coefficient (Wildman–Crippen LogP) is 2.71. The fourth-order valence-electron chi connectivity index (χ4n) is 0.561. The van der Waals surface area contributed by atoms with Crippen LogP contribution >= 0.6 is 0 Å². The van der Waals surface area contributed by atoms with Crippen LogP contribution in [0.1, 0.15) is 13.8 Å². The Labute approximate surface area is 69.1 Å². The molecule has 1 fully saturated rings. The number of hydrogen-bond donors (Lipinski definition) is 0. The van der Waals surface area contributed by atoms with E-state index in [0.717, 1.165) is 12.2 Å². The number of rotatable bonds is 3. The highest BCUT2D eigenvalue weighted by Gasteiger charge is 2.23. The van der Waals surface area contributed by atoms with Gasteiger partial charge in [-0.3, -0.25) is 0 Å². The molecule has 11 heavy (non-hydrogen) atoms. The van der Waals surface area contributed by atoms with Gasteiger partial charge in [0.2, 0.25) is 0 Å². The number of ether oxygens (including phenoxy) is 1. The summed E-state index contributed by atoms with van der Waals surface area (Å²) >= 11 is 0. The summed E-state index contributed by atoms with van der Waals surface area (Å²) in [5.74, 6) is 0. The molecule has 1 aliphatic heterocycles. The lowest BCUT2D eigenvalue weighted by Gasteiger charge is -1.86. The monoisotopic (exact) mass is 152 g/mol. The van der Waals surface area contributed by atoms with Crippen LogP contribution in [0.4, 0.5) is 0 Å². The Morgan fingerprint density at radius 1 is 1.55 bits per heavy atom. The van der Waals surface area contributed by atoms with Gasteiger partial charge < -0.3 is 4.74 Å². The molecule has 0 aromatic rings. The summed E-state index contributed by atoms with van der Waals surface area (Å²) in [4.78, 5) is 0. The molecule has 1 aliphatic rings. The van der Waals surface area contributed by atoms with Gasteiger partial charge in [-0.2, -0.15) is 0 Å². The van der Waals surface area contributed by atoms with Crippen molar-refractivity contribution < 1.29 is 4.74 Å². The van der Waals surface area contributed by atoms with E-state index in [1.54, 1.807) is 6.08 Å². The topological polar surface area (TPSA) is 12.5 Å². The highest BCUT2D eigenvalue weighted by molar-refractivity contribution is 5.24. The van der Waals surface area contributed by atoms with E-state index < -0.39 is 0 Å². The van der Waals surface area contributed by atoms with E-state index in [9.17, 15) is 0 Å². The minimum atomic E-state index is 0.293. The molecule has 0 aromatic heterocycles. The van der Waals surface area contributed by atoms with Crippen LogP contribution in [0.25, 0.3) is 0 Å². The molecule has 0 bridgehead atoms. The summed E-state index contributed by atoms with van der Waals surface area (Å²) in [5, 5.41) is 0. The summed E-state index contributed by atoms with van der Waals surface area (Å²) in [6.45, 7) is 12.2. The molecule has 0 spiro atoms. The second kappa shape index (κ2) is 5.93. The van der Waals surface area contributed by atoms with Crippen LogP contribution in [0.3, 0.4) is 0 Å². The van der Waals surface area contributed by atoms with Gasteiger partial charge in [-0.05, 0) is 5.57 Å². The van der Waals surface area contributed by atoms with Crippen molar-refractivity contribution in [2.24, 2.45) is 0 Å². The molecule has 1 saturated heterocycles. The summed E-state index contributed by atoms with van der Waals surface area (Å²) in [6, 6.07) is 0. The van der Waals surface area contributed by atoms with Crippen molar-refractivity contribution >= 4 is 0 Å². The third-order valence-corrected chi connectivity index (χ3v) is 1.19. The van der Waals surface area contributed by atoms with Gasteiger partial charge in [0.25, 0.3) is 0 Å². The van der Waals surface area contributed by atoms with Gasteiger partial charge in [0, 0.05) is 0 Å². The van der Waals surface area contributed by atoms with E-state index in [1.165, 1.54) is 0 Å². The van der Waals surface area contributed by atoms with Crippen molar-refractivity contribution in [1.82, 2.24) is 0 Å². The van der Waals surface area contributed by atoms with Crippen LogP contribution in [-0.4, -0.2) is 12.7 Å². The maximum atomic E-state index is 4.98. The number of allylic oxidation sites excluding steroid dienone is 2. The molecule has 1 unspecified atom stereocenters. The third kappa shape index (κ3) is 4.57. The van der Waals surface area contributed by atoms with Crippen LogP contribution in [0.15, 0.2) is 37.0 Å². The van der Waals surface area contributed by atoms with Gasteiger partial charge in [0.1, 0.15) is 6.10 Å². The van der Waals surface area contributed by atoms with Crippen LogP contribution in [-0.2, 0) is 4.74 Å². The number of epoxide rings is 1. The van der Waals surface area contributed by atoms with Gasteiger partial charge in [0.05, 0.1) is 6.61 Å². The van der Waals surface area contributed by atoms with E-state index in [-0.39, 0.29) is 0 Å². The van der Waals surface area contributed by atoms with E-state index in [0.29, 0.717) is 6.10 Å². The zero-order chi connectivity index (χ0) is 8.69.